The SMILES string of the molecule is CCOC(=O)C(=[N+]=[N-])C(=O)CCc1cccn1C. The first kappa shape index (κ1) is 13.9. The van der Waals surface area contributed by atoms with Gasteiger partial charge in [-0.25, -0.2) is 4.79 Å². The van der Waals surface area contributed by atoms with E-state index in [1.165, 1.54) is 0 Å². The maximum absolute atomic E-state index is 11.7. The topological polar surface area (TPSA) is 84.7 Å². The van der Waals surface area contributed by atoms with E-state index in [1.54, 1.807) is 6.92 Å². The third kappa shape index (κ3) is 3.40. The number of aryl methyl sites for hydroxylation is 2. The molecule has 0 atom stereocenters. The Balaban J connectivity index is 2.62. The van der Waals surface area contributed by atoms with E-state index in [4.69, 9.17) is 5.53 Å². The molecule has 0 unspecified atom stereocenters. The molecule has 6 nitrogen and oxygen atoms in total. The standard InChI is InChI=1S/C12H15N3O3/c1-3-18-12(17)11(14-13)10(16)7-6-9-5-4-8-15(9)2/h4-5,8H,3,6-7H2,1-2H3. The van der Waals surface area contributed by atoms with Crippen LogP contribution in [0.4, 0.5) is 0 Å². The number of Topliss-reactive ketones (excluding diaryl/α,β-unsaturated/α-hetero) is 1. The largest absolute Gasteiger partial charge is 0.457 e. The van der Waals surface area contributed by atoms with Gasteiger partial charge in [0.15, 0.2) is 0 Å². The van der Waals surface area contributed by atoms with Crippen molar-refractivity contribution in [3.63, 3.8) is 0 Å². The zero-order valence-corrected chi connectivity index (χ0v) is 10.4. The summed E-state index contributed by atoms with van der Waals surface area (Å²) in [5, 5.41) is 0. The summed E-state index contributed by atoms with van der Waals surface area (Å²) < 4.78 is 6.50. The Bertz CT molecular complexity index is 498. The van der Waals surface area contributed by atoms with Crippen LogP contribution in [0.5, 0.6) is 0 Å². The zero-order chi connectivity index (χ0) is 13.5. The van der Waals surface area contributed by atoms with E-state index < -0.39 is 17.5 Å². The molecule has 0 amide bonds. The van der Waals surface area contributed by atoms with Crippen molar-refractivity contribution in [1.29, 1.82) is 0 Å². The van der Waals surface area contributed by atoms with Gasteiger partial charge in [-0.05, 0) is 25.5 Å². The van der Waals surface area contributed by atoms with Crippen molar-refractivity contribution in [2.75, 3.05) is 6.61 Å². The highest BCUT2D eigenvalue weighted by Gasteiger charge is 2.30. The van der Waals surface area contributed by atoms with Gasteiger partial charge in [0, 0.05) is 25.4 Å². The van der Waals surface area contributed by atoms with Crippen molar-refractivity contribution in [2.24, 2.45) is 7.05 Å². The Kier molecular flexibility index (Phi) is 5.02. The maximum atomic E-state index is 11.7. The number of carbonyl (C=O) groups excluding carboxylic acids is 2. The second-order valence-corrected chi connectivity index (χ2v) is 3.70. The van der Waals surface area contributed by atoms with E-state index >= 15 is 0 Å². The molecule has 0 aliphatic rings. The first-order valence-corrected chi connectivity index (χ1v) is 5.62. The molecule has 6 heteroatoms. The zero-order valence-electron chi connectivity index (χ0n) is 10.4. The lowest BCUT2D eigenvalue weighted by Crippen LogP contribution is -2.27. The maximum Gasteiger partial charge on any atom is 0.441 e. The van der Waals surface area contributed by atoms with Crippen molar-refractivity contribution >= 4 is 17.5 Å². The number of nitrogens with zero attached hydrogens (tertiary/aromatic N) is 3. The summed E-state index contributed by atoms with van der Waals surface area (Å²) >= 11 is 0. The average Bonchev–Trinajstić information content (AvgIpc) is 2.73. The van der Waals surface area contributed by atoms with Crippen LogP contribution < -0.4 is 0 Å². The quantitative estimate of drug-likeness (QED) is 0.245. The highest BCUT2D eigenvalue weighted by Crippen LogP contribution is 2.04. The molecule has 1 aromatic heterocycles. The Morgan fingerprint density at radius 2 is 2.22 bits per heavy atom. The van der Waals surface area contributed by atoms with Crippen LogP contribution >= 0.6 is 0 Å². The number of ether oxygens (including phenoxy) is 1. The number of aromatic nitrogens is 1. The van der Waals surface area contributed by atoms with Gasteiger partial charge in [-0.1, -0.05) is 0 Å². The molecule has 18 heavy (non-hydrogen) atoms. The number of rotatable bonds is 6. The molecule has 0 fully saturated rings. The Labute approximate surface area is 105 Å². The van der Waals surface area contributed by atoms with Crippen molar-refractivity contribution in [1.82, 2.24) is 4.57 Å². The molecule has 0 saturated heterocycles. The van der Waals surface area contributed by atoms with Crippen LogP contribution in [0.15, 0.2) is 18.3 Å². The number of hydrogen-bond acceptors (Lipinski definition) is 3. The van der Waals surface area contributed by atoms with Crippen LogP contribution in [0.1, 0.15) is 19.0 Å². The summed E-state index contributed by atoms with van der Waals surface area (Å²) in [6.07, 6.45) is 2.43. The molecule has 0 spiro atoms. The monoisotopic (exact) mass is 249 g/mol. The Morgan fingerprint density at radius 3 is 2.72 bits per heavy atom. The van der Waals surface area contributed by atoms with Crippen LogP contribution in [0.25, 0.3) is 5.53 Å². The number of hydrogen-bond donors (Lipinski definition) is 0. The second kappa shape index (κ2) is 6.51. The molecule has 1 heterocycles. The number of carbonyl (C=O) groups is 2. The average molecular weight is 249 g/mol. The molecule has 0 aliphatic carbocycles. The molecule has 96 valence electrons. The molecular formula is C12H15N3O3. The summed E-state index contributed by atoms with van der Waals surface area (Å²) in [5.41, 5.74) is 9.08. The predicted molar refractivity (Wildman–Crippen MR) is 64.0 cm³/mol. The minimum Gasteiger partial charge on any atom is -0.457 e. The fourth-order valence-corrected chi connectivity index (χ4v) is 1.53. The highest BCUT2D eigenvalue weighted by atomic mass is 16.5. The normalized spacial score (nSPS) is 9.67. The summed E-state index contributed by atoms with van der Waals surface area (Å²) in [5.74, 6) is -1.42. The first-order valence-electron chi connectivity index (χ1n) is 5.62. The van der Waals surface area contributed by atoms with E-state index in [9.17, 15) is 9.59 Å². The Morgan fingerprint density at radius 1 is 1.50 bits per heavy atom. The van der Waals surface area contributed by atoms with Gasteiger partial charge in [0.2, 0.25) is 0 Å². The van der Waals surface area contributed by atoms with Crippen LogP contribution in [-0.4, -0.2) is 33.4 Å². The van der Waals surface area contributed by atoms with E-state index in [-0.39, 0.29) is 13.0 Å². The minimum atomic E-state index is -0.892. The van der Waals surface area contributed by atoms with Crippen molar-refractivity contribution in [3.05, 3.63) is 29.6 Å². The molecule has 0 radical (unpaired) electrons. The third-order valence-electron chi connectivity index (χ3n) is 2.49. The van der Waals surface area contributed by atoms with E-state index in [0.29, 0.717) is 6.42 Å². The van der Waals surface area contributed by atoms with Gasteiger partial charge in [0.25, 0.3) is 5.78 Å². The highest BCUT2D eigenvalue weighted by molar-refractivity contribution is 6.62. The van der Waals surface area contributed by atoms with Gasteiger partial charge in [0.1, 0.15) is 0 Å². The molecule has 0 bridgehead atoms. The number of esters is 1. The lowest BCUT2D eigenvalue weighted by Gasteiger charge is -2.01. The van der Waals surface area contributed by atoms with Crippen molar-refractivity contribution in [2.45, 2.75) is 19.8 Å². The van der Waals surface area contributed by atoms with Crippen LogP contribution in [0.2, 0.25) is 0 Å². The summed E-state index contributed by atoms with van der Waals surface area (Å²) in [6, 6.07) is 3.75. The summed E-state index contributed by atoms with van der Waals surface area (Å²) in [7, 11) is 1.87. The molecular weight excluding hydrogens is 234 g/mol. The smallest absolute Gasteiger partial charge is 0.441 e. The molecule has 0 N–H and O–H groups in total. The summed E-state index contributed by atoms with van der Waals surface area (Å²) in [6.45, 7) is 1.74. The fraction of sp³-hybridized carbons (Fsp3) is 0.417. The third-order valence-corrected chi connectivity index (χ3v) is 2.49. The van der Waals surface area contributed by atoms with Gasteiger partial charge < -0.3 is 14.8 Å². The van der Waals surface area contributed by atoms with E-state index in [1.807, 2.05) is 29.9 Å². The lowest BCUT2D eigenvalue weighted by molar-refractivity contribution is -0.141. The lowest BCUT2D eigenvalue weighted by atomic mass is 10.1. The van der Waals surface area contributed by atoms with Crippen LogP contribution in [0, 0.1) is 0 Å². The molecule has 1 aromatic rings. The van der Waals surface area contributed by atoms with Gasteiger partial charge in [-0.3, -0.25) is 4.79 Å². The Hall–Kier alpha value is -2.20. The minimum absolute atomic E-state index is 0.0933. The van der Waals surface area contributed by atoms with Crippen molar-refractivity contribution < 1.29 is 19.1 Å². The van der Waals surface area contributed by atoms with Crippen molar-refractivity contribution in [3.8, 4) is 0 Å². The molecule has 1 rings (SSSR count). The predicted octanol–water partition coefficient (Wildman–Crippen LogP) is 0.761. The molecule has 0 saturated carbocycles. The molecule has 0 aromatic carbocycles. The number of ketones is 1. The van der Waals surface area contributed by atoms with E-state index in [0.717, 1.165) is 5.69 Å². The van der Waals surface area contributed by atoms with Gasteiger partial charge in [-0.2, -0.15) is 4.79 Å². The van der Waals surface area contributed by atoms with Crippen LogP contribution in [-0.2, 0) is 27.8 Å². The van der Waals surface area contributed by atoms with Gasteiger partial charge in [0.05, 0.1) is 6.61 Å². The molecule has 0 aliphatic heterocycles. The van der Waals surface area contributed by atoms with E-state index in [2.05, 4.69) is 9.53 Å². The second-order valence-electron chi connectivity index (χ2n) is 3.70. The van der Waals surface area contributed by atoms with Gasteiger partial charge in [-0.15, -0.1) is 0 Å². The van der Waals surface area contributed by atoms with Crippen LogP contribution in [0.3, 0.4) is 0 Å². The summed E-state index contributed by atoms with van der Waals surface area (Å²) in [4.78, 5) is 25.7. The van der Waals surface area contributed by atoms with Gasteiger partial charge >= 0.3 is 11.7 Å². The first-order chi connectivity index (χ1) is 8.60. The fourth-order valence-electron chi connectivity index (χ4n) is 1.53.